The van der Waals surface area contributed by atoms with Gasteiger partial charge in [-0.2, -0.15) is 0 Å². The van der Waals surface area contributed by atoms with Crippen LogP contribution in [0.1, 0.15) is 35.2 Å². The van der Waals surface area contributed by atoms with Gasteiger partial charge >= 0.3 is 0 Å². The molecule has 6 heteroatoms. The zero-order valence-electron chi connectivity index (χ0n) is 20.3. The van der Waals surface area contributed by atoms with E-state index in [0.717, 1.165) is 47.5 Å². The minimum atomic E-state index is -0.0492. The number of rotatable bonds is 7. The predicted molar refractivity (Wildman–Crippen MR) is 145 cm³/mol. The molecule has 0 unspecified atom stereocenters. The summed E-state index contributed by atoms with van der Waals surface area (Å²) in [7, 11) is 0. The summed E-state index contributed by atoms with van der Waals surface area (Å²) in [6.45, 7) is 3.84. The van der Waals surface area contributed by atoms with Crippen molar-refractivity contribution in [1.29, 1.82) is 0 Å². The highest BCUT2D eigenvalue weighted by Crippen LogP contribution is 2.34. The number of carbonyl (C=O) groups excluding carboxylic acids is 1. The summed E-state index contributed by atoms with van der Waals surface area (Å²) in [6.07, 6.45) is 7.46. The Bertz CT molecular complexity index is 1390. The average molecular weight is 495 g/mol. The molecular weight excluding hydrogens is 464 g/mol. The van der Waals surface area contributed by atoms with Crippen molar-refractivity contribution in [2.75, 3.05) is 13.1 Å². The summed E-state index contributed by atoms with van der Waals surface area (Å²) in [4.78, 5) is 20.5. The molecule has 2 aliphatic rings. The number of aromatic nitrogens is 2. The lowest BCUT2D eigenvalue weighted by Crippen LogP contribution is -2.33. The van der Waals surface area contributed by atoms with E-state index in [-0.39, 0.29) is 5.91 Å². The van der Waals surface area contributed by atoms with Crippen LogP contribution in [-0.4, -0.2) is 33.3 Å². The number of amides is 1. The first kappa shape index (κ1) is 23.1. The van der Waals surface area contributed by atoms with Crippen molar-refractivity contribution in [3.8, 4) is 0 Å². The number of benzene rings is 2. The van der Waals surface area contributed by atoms with Crippen LogP contribution < -0.4 is 5.32 Å². The molecule has 0 aliphatic carbocycles. The first-order valence-electron chi connectivity index (χ1n) is 12.7. The highest BCUT2D eigenvalue weighted by molar-refractivity contribution is 8.04. The summed E-state index contributed by atoms with van der Waals surface area (Å²) >= 11 is 1.49. The molecule has 1 amide bonds. The van der Waals surface area contributed by atoms with Crippen LogP contribution in [0.5, 0.6) is 0 Å². The van der Waals surface area contributed by atoms with Crippen molar-refractivity contribution in [2.24, 2.45) is 5.92 Å². The molecular formula is C30H30N4OS. The molecule has 1 saturated heterocycles. The lowest BCUT2D eigenvalue weighted by molar-refractivity contribution is -0.116. The minimum absolute atomic E-state index is 0.0492. The van der Waals surface area contributed by atoms with Crippen LogP contribution in [0.3, 0.4) is 0 Å². The molecule has 4 heterocycles. The van der Waals surface area contributed by atoms with Gasteiger partial charge in [-0.05, 0) is 73.2 Å². The smallest absolute Gasteiger partial charge is 0.258 e. The Morgan fingerprint density at radius 2 is 1.69 bits per heavy atom. The van der Waals surface area contributed by atoms with Crippen LogP contribution in [0.2, 0.25) is 0 Å². The van der Waals surface area contributed by atoms with Gasteiger partial charge in [0, 0.05) is 13.1 Å². The van der Waals surface area contributed by atoms with E-state index in [4.69, 9.17) is 0 Å². The Morgan fingerprint density at radius 3 is 2.50 bits per heavy atom. The maximum atomic E-state index is 12.9. The van der Waals surface area contributed by atoms with E-state index in [9.17, 15) is 4.79 Å². The van der Waals surface area contributed by atoms with Crippen LogP contribution in [0.4, 0.5) is 0 Å². The third-order valence-corrected chi connectivity index (χ3v) is 8.25. The first-order valence-corrected chi connectivity index (χ1v) is 13.5. The van der Waals surface area contributed by atoms with Crippen LogP contribution in [-0.2, 0) is 24.3 Å². The van der Waals surface area contributed by atoms with Gasteiger partial charge < -0.3 is 5.32 Å². The molecule has 36 heavy (non-hydrogen) atoms. The molecule has 4 aromatic rings. The zero-order valence-corrected chi connectivity index (χ0v) is 21.1. The molecule has 182 valence electrons. The number of piperidine rings is 1. The molecule has 2 aromatic carbocycles. The summed E-state index contributed by atoms with van der Waals surface area (Å²) in [5.74, 6) is 0.743. The number of nitrogens with one attached hydrogen (secondary N) is 1. The molecule has 2 aliphatic heterocycles. The van der Waals surface area contributed by atoms with Crippen molar-refractivity contribution < 1.29 is 4.79 Å². The predicted octanol–water partition coefficient (Wildman–Crippen LogP) is 5.55. The molecule has 0 atom stereocenters. The molecule has 0 spiro atoms. The van der Waals surface area contributed by atoms with E-state index in [2.05, 4.69) is 74.2 Å². The fourth-order valence-electron chi connectivity index (χ4n) is 5.18. The molecule has 1 N–H and O–H groups in total. The summed E-state index contributed by atoms with van der Waals surface area (Å²) in [6, 6.07) is 25.5. The Labute approximate surface area is 216 Å². The fraction of sp³-hybridized carbons (Fsp3) is 0.267. The van der Waals surface area contributed by atoms with E-state index in [1.165, 1.54) is 42.2 Å². The Balaban J connectivity index is 0.984. The summed E-state index contributed by atoms with van der Waals surface area (Å²) in [5, 5.41) is 4.10. The van der Waals surface area contributed by atoms with Crippen molar-refractivity contribution in [2.45, 2.75) is 37.4 Å². The molecule has 2 aromatic heterocycles. The van der Waals surface area contributed by atoms with E-state index in [1.807, 2.05) is 30.5 Å². The average Bonchev–Trinajstić information content (AvgIpc) is 3.34. The van der Waals surface area contributed by atoms with Gasteiger partial charge in [0.2, 0.25) is 0 Å². The van der Waals surface area contributed by atoms with Crippen molar-refractivity contribution in [3.05, 3.63) is 106 Å². The minimum Gasteiger partial charge on any atom is -0.348 e. The van der Waals surface area contributed by atoms with Gasteiger partial charge in [0.05, 0.1) is 21.8 Å². The number of carbonyl (C=O) groups is 1. The summed E-state index contributed by atoms with van der Waals surface area (Å²) < 4.78 is 2.08. The van der Waals surface area contributed by atoms with Crippen LogP contribution in [0.15, 0.2) is 88.9 Å². The molecule has 0 bridgehead atoms. The number of hydrogen-bond donors (Lipinski definition) is 1. The number of nitrogens with zero attached hydrogens (tertiary/aromatic N) is 3. The highest BCUT2D eigenvalue weighted by atomic mass is 32.2. The van der Waals surface area contributed by atoms with Gasteiger partial charge in [-0.25, -0.2) is 4.98 Å². The third-order valence-electron chi connectivity index (χ3n) is 7.19. The maximum absolute atomic E-state index is 12.9. The SMILES string of the molecule is O=C(NCc1ccc(CN2CCC(Cc3ccccc3)CC2)cc1)C1=Cc2cnc3cccc(n23)S1. The summed E-state index contributed by atoms with van der Waals surface area (Å²) in [5.41, 5.74) is 5.75. The third kappa shape index (κ3) is 5.11. The van der Waals surface area contributed by atoms with E-state index < -0.39 is 0 Å². The second kappa shape index (κ2) is 10.3. The maximum Gasteiger partial charge on any atom is 0.258 e. The number of thioether (sulfide) groups is 1. The van der Waals surface area contributed by atoms with Gasteiger partial charge in [0.25, 0.3) is 5.91 Å². The second-order valence-corrected chi connectivity index (χ2v) is 10.8. The first-order chi connectivity index (χ1) is 17.7. The van der Waals surface area contributed by atoms with Crippen LogP contribution in [0.25, 0.3) is 11.7 Å². The van der Waals surface area contributed by atoms with Gasteiger partial charge in [-0.1, -0.05) is 72.4 Å². The van der Waals surface area contributed by atoms with Gasteiger partial charge in [-0.15, -0.1) is 0 Å². The Kier molecular flexibility index (Phi) is 6.62. The van der Waals surface area contributed by atoms with E-state index in [1.54, 1.807) is 0 Å². The van der Waals surface area contributed by atoms with Crippen molar-refractivity contribution >= 4 is 29.4 Å². The monoisotopic (exact) mass is 494 g/mol. The molecule has 5 nitrogen and oxygen atoms in total. The quantitative estimate of drug-likeness (QED) is 0.366. The van der Waals surface area contributed by atoms with Crippen LogP contribution in [0, 0.1) is 5.92 Å². The molecule has 6 rings (SSSR count). The standard InChI is InChI=1S/C30H30N4OS/c35-30(27-18-26-20-31-28-7-4-8-29(36-27)34(26)28)32-19-24-9-11-25(12-10-24)21-33-15-13-23(14-16-33)17-22-5-2-1-3-6-22/h1-12,18,20,23H,13-17,19,21H2,(H,32,35). The number of hydrogen-bond acceptors (Lipinski definition) is 4. The number of pyridine rings is 1. The van der Waals surface area contributed by atoms with Crippen molar-refractivity contribution in [1.82, 2.24) is 19.6 Å². The number of imidazole rings is 1. The lowest BCUT2D eigenvalue weighted by Gasteiger charge is -2.32. The van der Waals surface area contributed by atoms with E-state index >= 15 is 0 Å². The fourth-order valence-corrected chi connectivity index (χ4v) is 6.19. The largest absolute Gasteiger partial charge is 0.348 e. The molecule has 1 fully saturated rings. The van der Waals surface area contributed by atoms with Gasteiger partial charge in [0.1, 0.15) is 5.65 Å². The van der Waals surface area contributed by atoms with Gasteiger partial charge in [-0.3, -0.25) is 14.1 Å². The Morgan fingerprint density at radius 1 is 0.917 bits per heavy atom. The topological polar surface area (TPSA) is 49.6 Å². The Hall–Kier alpha value is -3.35. The zero-order chi connectivity index (χ0) is 24.3. The number of likely N-dealkylation sites (tertiary alicyclic amines) is 1. The second-order valence-electron chi connectivity index (χ2n) is 9.76. The normalized spacial score (nSPS) is 16.2. The highest BCUT2D eigenvalue weighted by Gasteiger charge is 2.21. The lowest BCUT2D eigenvalue weighted by atomic mass is 9.90. The molecule has 0 radical (unpaired) electrons. The van der Waals surface area contributed by atoms with Crippen LogP contribution >= 0.6 is 11.8 Å². The molecule has 0 saturated carbocycles. The van der Waals surface area contributed by atoms with Crippen molar-refractivity contribution in [3.63, 3.8) is 0 Å². The van der Waals surface area contributed by atoms with E-state index in [0.29, 0.717) is 11.4 Å². The van der Waals surface area contributed by atoms with Gasteiger partial charge in [0.15, 0.2) is 0 Å².